The fraction of sp³-hybridized carbons (Fsp3) is 0.769. The Bertz CT molecular complexity index is 404. The smallest absolute Gasteiger partial charge is 0.303 e. The average molecular weight is 270 g/mol. The molecule has 0 aliphatic heterocycles. The van der Waals surface area contributed by atoms with Crippen molar-refractivity contribution >= 4 is 5.97 Å². The molecular formula is C13H22N2O4. The first-order valence-electron chi connectivity index (χ1n) is 6.57. The van der Waals surface area contributed by atoms with Crippen molar-refractivity contribution in [3.8, 4) is 0 Å². The Balaban J connectivity index is 2.79. The topological polar surface area (TPSA) is 85.5 Å². The molecule has 0 saturated carbocycles. The van der Waals surface area contributed by atoms with Gasteiger partial charge in [-0.25, -0.2) is 0 Å². The molecule has 1 atom stereocenters. The molecule has 0 spiro atoms. The van der Waals surface area contributed by atoms with E-state index < -0.39 is 11.6 Å². The van der Waals surface area contributed by atoms with Crippen LogP contribution in [-0.2, 0) is 21.6 Å². The second-order valence-electron chi connectivity index (χ2n) is 4.82. The molecule has 6 nitrogen and oxygen atoms in total. The van der Waals surface area contributed by atoms with Crippen molar-refractivity contribution < 1.29 is 19.2 Å². The van der Waals surface area contributed by atoms with Gasteiger partial charge in [0.25, 0.3) is 0 Å². The number of carboxylic acids is 1. The second-order valence-corrected chi connectivity index (χ2v) is 4.82. The summed E-state index contributed by atoms with van der Waals surface area (Å²) in [5, 5.41) is 12.7. The molecular weight excluding hydrogens is 248 g/mol. The number of hydrogen-bond acceptors (Lipinski definition) is 5. The zero-order chi connectivity index (χ0) is 14.5. The first-order valence-corrected chi connectivity index (χ1v) is 6.57. The van der Waals surface area contributed by atoms with Gasteiger partial charge in [0.15, 0.2) is 0 Å². The predicted molar refractivity (Wildman–Crippen MR) is 68.7 cm³/mol. The molecule has 108 valence electrons. The molecule has 0 fully saturated rings. The minimum Gasteiger partial charge on any atom is -0.481 e. The van der Waals surface area contributed by atoms with Crippen LogP contribution < -0.4 is 0 Å². The van der Waals surface area contributed by atoms with Crippen molar-refractivity contribution in [2.24, 2.45) is 5.92 Å². The molecule has 1 heterocycles. The summed E-state index contributed by atoms with van der Waals surface area (Å²) in [5.74, 6) is 0.149. The summed E-state index contributed by atoms with van der Waals surface area (Å²) < 4.78 is 10.7. The maximum absolute atomic E-state index is 10.6. The second kappa shape index (κ2) is 6.65. The molecule has 1 rings (SSSR count). The Morgan fingerprint density at radius 1 is 1.47 bits per heavy atom. The molecule has 0 aliphatic rings. The van der Waals surface area contributed by atoms with E-state index in [0.717, 1.165) is 12.8 Å². The van der Waals surface area contributed by atoms with Gasteiger partial charge in [0.2, 0.25) is 11.7 Å². The largest absolute Gasteiger partial charge is 0.481 e. The summed E-state index contributed by atoms with van der Waals surface area (Å²) in [6, 6.07) is 0. The van der Waals surface area contributed by atoms with Crippen molar-refractivity contribution in [3.05, 3.63) is 11.7 Å². The third kappa shape index (κ3) is 3.76. The van der Waals surface area contributed by atoms with E-state index in [1.165, 1.54) is 0 Å². The number of ether oxygens (including phenoxy) is 1. The normalized spacial score (nSPS) is 13.5. The first kappa shape index (κ1) is 15.6. The first-order chi connectivity index (χ1) is 8.97. The number of aliphatic carboxylic acids is 1. The van der Waals surface area contributed by atoms with Crippen LogP contribution in [0, 0.1) is 5.92 Å². The van der Waals surface area contributed by atoms with E-state index >= 15 is 0 Å². The predicted octanol–water partition coefficient (Wildman–Crippen LogP) is 2.38. The van der Waals surface area contributed by atoms with Crippen LogP contribution in [-0.4, -0.2) is 28.3 Å². The lowest BCUT2D eigenvalue weighted by Gasteiger charge is -2.25. The molecule has 0 radical (unpaired) electrons. The van der Waals surface area contributed by atoms with Gasteiger partial charge in [-0.1, -0.05) is 25.9 Å². The van der Waals surface area contributed by atoms with Crippen LogP contribution in [0.5, 0.6) is 0 Å². The number of aromatic nitrogens is 2. The average Bonchev–Trinajstić information content (AvgIpc) is 2.80. The fourth-order valence-corrected chi connectivity index (χ4v) is 2.14. The Hall–Kier alpha value is -1.43. The molecule has 0 saturated heterocycles. The van der Waals surface area contributed by atoms with E-state index in [1.807, 2.05) is 20.8 Å². The van der Waals surface area contributed by atoms with Crippen molar-refractivity contribution in [1.29, 1.82) is 0 Å². The lowest BCUT2D eigenvalue weighted by atomic mass is 9.96. The van der Waals surface area contributed by atoms with Gasteiger partial charge in [0.05, 0.1) is 0 Å². The van der Waals surface area contributed by atoms with Gasteiger partial charge in [-0.05, 0) is 18.8 Å². The molecule has 0 aromatic carbocycles. The quantitative estimate of drug-likeness (QED) is 0.780. The molecule has 0 bridgehead atoms. The third-order valence-electron chi connectivity index (χ3n) is 3.45. The Morgan fingerprint density at radius 3 is 2.58 bits per heavy atom. The monoisotopic (exact) mass is 270 g/mol. The number of carbonyl (C=O) groups is 1. The summed E-state index contributed by atoms with van der Waals surface area (Å²) >= 11 is 0. The van der Waals surface area contributed by atoms with Crippen molar-refractivity contribution in [2.45, 2.75) is 52.1 Å². The van der Waals surface area contributed by atoms with Gasteiger partial charge in [-0.2, -0.15) is 4.98 Å². The van der Waals surface area contributed by atoms with Gasteiger partial charge < -0.3 is 14.4 Å². The highest BCUT2D eigenvalue weighted by Gasteiger charge is 2.33. The van der Waals surface area contributed by atoms with Crippen LogP contribution >= 0.6 is 0 Å². The Kier molecular flexibility index (Phi) is 5.47. The van der Waals surface area contributed by atoms with Gasteiger partial charge in [-0.3, -0.25) is 4.79 Å². The Labute approximate surface area is 113 Å². The maximum atomic E-state index is 10.6. The van der Waals surface area contributed by atoms with Crippen LogP contribution in [0.3, 0.4) is 0 Å². The van der Waals surface area contributed by atoms with E-state index in [9.17, 15) is 4.79 Å². The highest BCUT2D eigenvalue weighted by Crippen LogP contribution is 2.30. The van der Waals surface area contributed by atoms with Crippen LogP contribution in [0.4, 0.5) is 0 Å². The van der Waals surface area contributed by atoms with Crippen molar-refractivity contribution in [1.82, 2.24) is 10.1 Å². The lowest BCUT2D eigenvalue weighted by molar-refractivity contribution is -0.137. The van der Waals surface area contributed by atoms with Crippen molar-refractivity contribution in [2.75, 3.05) is 7.11 Å². The van der Waals surface area contributed by atoms with E-state index in [1.54, 1.807) is 7.11 Å². The molecule has 0 aliphatic carbocycles. The number of rotatable bonds is 8. The Morgan fingerprint density at radius 2 is 2.11 bits per heavy atom. The summed E-state index contributed by atoms with van der Waals surface area (Å²) in [5.41, 5.74) is -0.516. The summed E-state index contributed by atoms with van der Waals surface area (Å²) in [6.45, 7) is 5.87. The lowest BCUT2D eigenvalue weighted by Crippen LogP contribution is -2.28. The van der Waals surface area contributed by atoms with Crippen LogP contribution in [0.1, 0.15) is 51.7 Å². The zero-order valence-corrected chi connectivity index (χ0v) is 12.0. The molecule has 1 N–H and O–H groups in total. The van der Waals surface area contributed by atoms with Crippen LogP contribution in [0.15, 0.2) is 4.52 Å². The zero-order valence-electron chi connectivity index (χ0n) is 12.0. The molecule has 1 aromatic heterocycles. The fourth-order valence-electron chi connectivity index (χ4n) is 2.14. The highest BCUT2D eigenvalue weighted by atomic mass is 16.5. The van der Waals surface area contributed by atoms with Crippen molar-refractivity contribution in [3.63, 3.8) is 0 Å². The number of hydrogen-bond donors (Lipinski definition) is 1. The molecule has 1 aromatic rings. The molecule has 6 heteroatoms. The van der Waals surface area contributed by atoms with Gasteiger partial charge >= 0.3 is 5.97 Å². The van der Waals surface area contributed by atoms with E-state index in [4.69, 9.17) is 14.4 Å². The van der Waals surface area contributed by atoms with E-state index in [-0.39, 0.29) is 12.3 Å². The molecule has 1 unspecified atom stereocenters. The van der Waals surface area contributed by atoms with E-state index in [0.29, 0.717) is 18.1 Å². The summed E-state index contributed by atoms with van der Waals surface area (Å²) in [4.78, 5) is 15.0. The van der Waals surface area contributed by atoms with Crippen LogP contribution in [0.25, 0.3) is 0 Å². The minimum atomic E-state index is -0.819. The SMILES string of the molecule is CCC(CC)(OC)c1noc(CC(C)CC(=O)O)n1. The maximum Gasteiger partial charge on any atom is 0.303 e. The van der Waals surface area contributed by atoms with Crippen LogP contribution in [0.2, 0.25) is 0 Å². The minimum absolute atomic E-state index is 0.0361. The summed E-state index contributed by atoms with van der Waals surface area (Å²) in [6.07, 6.45) is 2.06. The molecule has 0 amide bonds. The number of carboxylic acid groups (broad SMARTS) is 1. The van der Waals surface area contributed by atoms with Gasteiger partial charge in [0.1, 0.15) is 5.60 Å². The number of methoxy groups -OCH3 is 1. The van der Waals surface area contributed by atoms with Gasteiger partial charge in [-0.15, -0.1) is 0 Å². The number of nitrogens with zero attached hydrogens (tertiary/aromatic N) is 2. The highest BCUT2D eigenvalue weighted by molar-refractivity contribution is 5.66. The summed E-state index contributed by atoms with van der Waals surface area (Å²) in [7, 11) is 1.64. The standard InChI is InChI=1S/C13H22N2O4/c1-5-13(6-2,18-4)12-14-10(19-15-12)7-9(3)8-11(16)17/h9H,5-8H2,1-4H3,(H,16,17). The molecule has 19 heavy (non-hydrogen) atoms. The van der Waals surface area contributed by atoms with Gasteiger partial charge in [0, 0.05) is 20.0 Å². The third-order valence-corrected chi connectivity index (χ3v) is 3.45. The van der Waals surface area contributed by atoms with E-state index in [2.05, 4.69) is 10.1 Å².